The fraction of sp³-hybridized carbons (Fsp3) is 1.00. The molecule has 2 N–H and O–H groups in total. The Kier molecular flexibility index (Phi) is 2.50. The molecular formula is C12H22N2. The second-order valence-corrected chi connectivity index (χ2v) is 5.57. The highest BCUT2D eigenvalue weighted by Gasteiger charge is 2.30. The van der Waals surface area contributed by atoms with Gasteiger partial charge in [0.05, 0.1) is 0 Å². The van der Waals surface area contributed by atoms with Crippen LogP contribution in [0.4, 0.5) is 0 Å². The number of rotatable bonds is 0. The van der Waals surface area contributed by atoms with Gasteiger partial charge < -0.3 is 10.6 Å². The monoisotopic (exact) mass is 194 g/mol. The van der Waals surface area contributed by atoms with Gasteiger partial charge in [-0.3, -0.25) is 0 Å². The Morgan fingerprint density at radius 2 is 1.14 bits per heavy atom. The molecule has 2 aliphatic heterocycles. The lowest BCUT2D eigenvalue weighted by molar-refractivity contribution is 0.504. The van der Waals surface area contributed by atoms with Crippen LogP contribution < -0.4 is 10.6 Å². The standard InChI is InChI=1S/2C6H11N/c2*1-2-6-3-5(1)4-7-6/h2*5-7H,1-4H2. The van der Waals surface area contributed by atoms with E-state index in [2.05, 4.69) is 10.6 Å². The van der Waals surface area contributed by atoms with E-state index in [4.69, 9.17) is 0 Å². The van der Waals surface area contributed by atoms with Gasteiger partial charge in [0.2, 0.25) is 0 Å². The van der Waals surface area contributed by atoms with Crippen LogP contribution in [0.3, 0.4) is 0 Å². The second-order valence-electron chi connectivity index (χ2n) is 5.57. The summed E-state index contributed by atoms with van der Waals surface area (Å²) in [6.45, 7) is 2.62. The van der Waals surface area contributed by atoms with Crippen molar-refractivity contribution in [2.45, 2.75) is 50.6 Å². The first-order valence-electron chi connectivity index (χ1n) is 6.37. The topological polar surface area (TPSA) is 24.1 Å². The van der Waals surface area contributed by atoms with E-state index in [-0.39, 0.29) is 0 Å². The first-order valence-corrected chi connectivity index (χ1v) is 6.37. The zero-order valence-electron chi connectivity index (χ0n) is 8.97. The highest BCUT2D eigenvalue weighted by Crippen LogP contribution is 2.30. The van der Waals surface area contributed by atoms with Crippen molar-refractivity contribution in [3.63, 3.8) is 0 Å². The Morgan fingerprint density at radius 3 is 1.21 bits per heavy atom. The maximum atomic E-state index is 3.46. The smallest absolute Gasteiger partial charge is 0.00704 e. The predicted molar refractivity (Wildman–Crippen MR) is 58.3 cm³/mol. The van der Waals surface area contributed by atoms with E-state index in [9.17, 15) is 0 Å². The molecule has 14 heavy (non-hydrogen) atoms. The first-order chi connectivity index (χ1) is 6.90. The molecule has 0 amide bonds. The molecule has 4 rings (SSSR count). The number of fused-ring (bicyclic) bond motifs is 4. The van der Waals surface area contributed by atoms with Crippen LogP contribution in [0, 0.1) is 11.8 Å². The highest BCUT2D eigenvalue weighted by atomic mass is 15.0. The predicted octanol–water partition coefficient (Wildman–Crippen LogP) is 1.52. The van der Waals surface area contributed by atoms with Crippen LogP contribution in [0.5, 0.6) is 0 Å². The van der Waals surface area contributed by atoms with E-state index < -0.39 is 0 Å². The van der Waals surface area contributed by atoms with Gasteiger partial charge in [-0.05, 0) is 63.5 Å². The number of nitrogens with one attached hydrogen (secondary N) is 2. The van der Waals surface area contributed by atoms with Gasteiger partial charge >= 0.3 is 0 Å². The molecular weight excluding hydrogens is 172 g/mol. The van der Waals surface area contributed by atoms with Crippen molar-refractivity contribution >= 4 is 0 Å². The molecule has 4 atom stereocenters. The summed E-state index contributed by atoms with van der Waals surface area (Å²) in [6.07, 6.45) is 8.84. The van der Waals surface area contributed by atoms with E-state index in [1.807, 2.05) is 0 Å². The summed E-state index contributed by atoms with van der Waals surface area (Å²) >= 11 is 0. The summed E-state index contributed by atoms with van der Waals surface area (Å²) in [6, 6.07) is 1.84. The molecule has 4 fully saturated rings. The van der Waals surface area contributed by atoms with E-state index >= 15 is 0 Å². The van der Waals surface area contributed by atoms with E-state index in [0.29, 0.717) is 0 Å². The Bertz CT molecular complexity index is 146. The van der Waals surface area contributed by atoms with Crippen molar-refractivity contribution in [3.8, 4) is 0 Å². The molecule has 0 radical (unpaired) electrons. The normalized spacial score (nSPS) is 48.0. The number of piperidine rings is 2. The van der Waals surface area contributed by atoms with Crippen LogP contribution >= 0.6 is 0 Å². The lowest BCUT2D eigenvalue weighted by Crippen LogP contribution is -2.23. The molecule has 4 unspecified atom stereocenters. The number of hydrogen-bond acceptors (Lipinski definition) is 2. The molecule has 0 aromatic carbocycles. The first kappa shape index (κ1) is 9.17. The molecule has 2 heterocycles. The molecule has 2 aliphatic carbocycles. The van der Waals surface area contributed by atoms with Gasteiger partial charge in [0.1, 0.15) is 0 Å². The average molecular weight is 194 g/mol. The van der Waals surface area contributed by atoms with Gasteiger partial charge in [-0.1, -0.05) is 0 Å². The summed E-state index contributed by atoms with van der Waals surface area (Å²) in [5.74, 6) is 2.12. The molecule has 0 aromatic heterocycles. The molecule has 2 heteroatoms. The summed E-state index contributed by atoms with van der Waals surface area (Å²) in [7, 11) is 0. The van der Waals surface area contributed by atoms with Crippen LogP contribution in [0.15, 0.2) is 0 Å². The van der Waals surface area contributed by atoms with Crippen LogP contribution in [0.25, 0.3) is 0 Å². The molecule has 2 nitrogen and oxygen atoms in total. The zero-order chi connectivity index (χ0) is 9.38. The molecule has 2 saturated carbocycles. The lowest BCUT2D eigenvalue weighted by Gasteiger charge is -2.08. The van der Waals surface area contributed by atoms with Crippen molar-refractivity contribution in [1.29, 1.82) is 0 Å². The Balaban J connectivity index is 0.0000000914. The van der Waals surface area contributed by atoms with Crippen LogP contribution in [-0.2, 0) is 0 Å². The van der Waals surface area contributed by atoms with Crippen LogP contribution in [-0.4, -0.2) is 25.2 Å². The molecule has 80 valence electrons. The quantitative estimate of drug-likeness (QED) is 0.611. The highest BCUT2D eigenvalue weighted by molar-refractivity contribution is 4.89. The van der Waals surface area contributed by atoms with Gasteiger partial charge in [-0.15, -0.1) is 0 Å². The SMILES string of the molecule is C1CC2CC1CN2.C1CC2CC1CN2. The molecule has 4 aliphatic rings. The Labute approximate surface area is 86.8 Å². The number of hydrogen-bond donors (Lipinski definition) is 2. The van der Waals surface area contributed by atoms with E-state index in [1.165, 1.54) is 51.6 Å². The van der Waals surface area contributed by atoms with Crippen molar-refractivity contribution in [2.75, 3.05) is 13.1 Å². The van der Waals surface area contributed by atoms with Crippen molar-refractivity contribution < 1.29 is 0 Å². The third-order valence-corrected chi connectivity index (χ3v) is 4.47. The summed E-state index contributed by atoms with van der Waals surface area (Å²) in [4.78, 5) is 0. The van der Waals surface area contributed by atoms with Gasteiger partial charge in [0.15, 0.2) is 0 Å². The minimum Gasteiger partial charge on any atom is -0.314 e. The van der Waals surface area contributed by atoms with Crippen LogP contribution in [0.2, 0.25) is 0 Å². The molecule has 4 bridgehead atoms. The fourth-order valence-electron chi connectivity index (χ4n) is 3.56. The summed E-state index contributed by atoms with van der Waals surface area (Å²) in [5.41, 5.74) is 0. The largest absolute Gasteiger partial charge is 0.314 e. The van der Waals surface area contributed by atoms with Gasteiger partial charge in [-0.2, -0.15) is 0 Å². The molecule has 0 aromatic rings. The molecule has 0 spiro atoms. The lowest BCUT2D eigenvalue weighted by atomic mass is 10.1. The summed E-state index contributed by atoms with van der Waals surface area (Å²) < 4.78 is 0. The maximum absolute atomic E-state index is 3.46. The van der Waals surface area contributed by atoms with Crippen LogP contribution in [0.1, 0.15) is 38.5 Å². The zero-order valence-corrected chi connectivity index (χ0v) is 8.97. The van der Waals surface area contributed by atoms with Gasteiger partial charge in [0.25, 0.3) is 0 Å². The third-order valence-electron chi connectivity index (χ3n) is 4.47. The third kappa shape index (κ3) is 1.82. The Hall–Kier alpha value is -0.0800. The second kappa shape index (κ2) is 3.82. The van der Waals surface area contributed by atoms with Crippen molar-refractivity contribution in [3.05, 3.63) is 0 Å². The average Bonchev–Trinajstić information content (AvgIpc) is 3.01. The van der Waals surface area contributed by atoms with E-state index in [0.717, 1.165) is 23.9 Å². The van der Waals surface area contributed by atoms with Crippen molar-refractivity contribution in [2.24, 2.45) is 11.8 Å². The van der Waals surface area contributed by atoms with Gasteiger partial charge in [-0.25, -0.2) is 0 Å². The van der Waals surface area contributed by atoms with E-state index in [1.54, 1.807) is 0 Å². The minimum absolute atomic E-state index is 0.921. The van der Waals surface area contributed by atoms with Crippen molar-refractivity contribution in [1.82, 2.24) is 10.6 Å². The minimum atomic E-state index is 0.921. The fourth-order valence-corrected chi connectivity index (χ4v) is 3.56. The summed E-state index contributed by atoms with van der Waals surface area (Å²) in [5, 5.41) is 6.91. The van der Waals surface area contributed by atoms with Gasteiger partial charge in [0, 0.05) is 12.1 Å². The maximum Gasteiger partial charge on any atom is 0.00704 e. The Morgan fingerprint density at radius 1 is 0.643 bits per heavy atom. The molecule has 2 saturated heterocycles.